The standard InChI is InChI=1S/C11H10ClN3OS/c12-8-1-2-9(14)11(7(8)4-13)15-5-6(17)3-10(15)16/h1-2,6,17H,3,5,14H2. The number of nitrogens with two attached hydrogens (primary N) is 1. The Hall–Kier alpha value is -1.38. The maximum atomic E-state index is 11.8. The van der Waals surface area contributed by atoms with Gasteiger partial charge in [-0.3, -0.25) is 4.79 Å². The first kappa shape index (κ1) is 12.1. The van der Waals surface area contributed by atoms with E-state index in [1.165, 1.54) is 4.90 Å². The van der Waals surface area contributed by atoms with E-state index >= 15 is 0 Å². The number of hydrogen-bond donors (Lipinski definition) is 2. The second kappa shape index (κ2) is 4.47. The molecule has 0 aromatic heterocycles. The van der Waals surface area contributed by atoms with Crippen molar-refractivity contribution in [3.8, 4) is 6.07 Å². The first-order valence-electron chi connectivity index (χ1n) is 5.01. The monoisotopic (exact) mass is 267 g/mol. The van der Waals surface area contributed by atoms with Crippen LogP contribution in [0, 0.1) is 11.3 Å². The summed E-state index contributed by atoms with van der Waals surface area (Å²) in [4.78, 5) is 13.3. The summed E-state index contributed by atoms with van der Waals surface area (Å²) in [6.07, 6.45) is 0.347. The van der Waals surface area contributed by atoms with Crippen LogP contribution in [0.1, 0.15) is 12.0 Å². The highest BCUT2D eigenvalue weighted by Gasteiger charge is 2.31. The molecule has 1 unspecified atom stereocenters. The number of carbonyl (C=O) groups is 1. The first-order chi connectivity index (χ1) is 8.04. The van der Waals surface area contributed by atoms with E-state index in [0.717, 1.165) is 0 Å². The topological polar surface area (TPSA) is 70.1 Å². The molecule has 0 saturated carbocycles. The lowest BCUT2D eigenvalue weighted by Crippen LogP contribution is -2.26. The molecule has 2 N–H and O–H groups in total. The van der Waals surface area contributed by atoms with E-state index in [1.807, 2.05) is 6.07 Å². The predicted molar refractivity (Wildman–Crippen MR) is 70.3 cm³/mol. The van der Waals surface area contributed by atoms with Crippen molar-refractivity contribution in [1.82, 2.24) is 0 Å². The number of hydrogen-bond acceptors (Lipinski definition) is 4. The summed E-state index contributed by atoms with van der Waals surface area (Å²) in [6, 6.07) is 5.13. The molecule has 1 aliphatic rings. The second-order valence-corrected chi connectivity index (χ2v) is 4.97. The van der Waals surface area contributed by atoms with Crippen LogP contribution in [-0.2, 0) is 4.79 Å². The Kier molecular flexibility index (Phi) is 3.18. The fraction of sp³-hybridized carbons (Fsp3) is 0.273. The van der Waals surface area contributed by atoms with Crippen molar-refractivity contribution in [3.63, 3.8) is 0 Å². The number of rotatable bonds is 1. The third-order valence-corrected chi connectivity index (χ3v) is 3.31. The zero-order chi connectivity index (χ0) is 12.6. The number of carbonyl (C=O) groups excluding carboxylic acids is 1. The summed E-state index contributed by atoms with van der Waals surface area (Å²) >= 11 is 10.2. The van der Waals surface area contributed by atoms with E-state index in [0.29, 0.717) is 29.4 Å². The summed E-state index contributed by atoms with van der Waals surface area (Å²) in [5.74, 6) is -0.0875. The maximum absolute atomic E-state index is 11.8. The highest BCUT2D eigenvalue weighted by Crippen LogP contribution is 2.35. The molecule has 1 aromatic rings. The molecule has 1 aromatic carbocycles. The minimum atomic E-state index is -0.0875. The van der Waals surface area contributed by atoms with Gasteiger partial charge in [0.25, 0.3) is 0 Å². The SMILES string of the molecule is N#Cc1c(Cl)ccc(N)c1N1CC(S)CC1=O. The van der Waals surface area contributed by atoms with Gasteiger partial charge in [0.1, 0.15) is 6.07 Å². The lowest BCUT2D eigenvalue weighted by molar-refractivity contribution is -0.117. The number of halogens is 1. The molecule has 6 heteroatoms. The molecule has 1 amide bonds. The van der Waals surface area contributed by atoms with Gasteiger partial charge >= 0.3 is 0 Å². The normalized spacial score (nSPS) is 19.5. The molecule has 4 nitrogen and oxygen atoms in total. The Labute approximate surface area is 109 Å². The first-order valence-corrected chi connectivity index (χ1v) is 5.90. The largest absolute Gasteiger partial charge is 0.397 e. The fourth-order valence-electron chi connectivity index (χ4n) is 1.88. The van der Waals surface area contributed by atoms with Gasteiger partial charge in [0.15, 0.2) is 0 Å². The van der Waals surface area contributed by atoms with E-state index in [2.05, 4.69) is 12.6 Å². The number of nitrogen functional groups attached to an aromatic ring is 1. The maximum Gasteiger partial charge on any atom is 0.228 e. The van der Waals surface area contributed by atoms with Crippen LogP contribution in [0.25, 0.3) is 0 Å². The van der Waals surface area contributed by atoms with Crippen LogP contribution in [-0.4, -0.2) is 17.7 Å². The summed E-state index contributed by atoms with van der Waals surface area (Å²) < 4.78 is 0. The molecular weight excluding hydrogens is 258 g/mol. The average molecular weight is 268 g/mol. The van der Waals surface area contributed by atoms with Gasteiger partial charge in [-0.05, 0) is 12.1 Å². The van der Waals surface area contributed by atoms with E-state index in [4.69, 9.17) is 22.6 Å². The molecule has 17 heavy (non-hydrogen) atoms. The van der Waals surface area contributed by atoms with Gasteiger partial charge < -0.3 is 10.6 Å². The molecule has 1 saturated heterocycles. The minimum Gasteiger partial charge on any atom is -0.397 e. The molecule has 0 bridgehead atoms. The second-order valence-electron chi connectivity index (χ2n) is 3.83. The van der Waals surface area contributed by atoms with Crippen LogP contribution in [0.4, 0.5) is 11.4 Å². The molecule has 2 rings (SSSR count). The van der Waals surface area contributed by atoms with Gasteiger partial charge in [-0.25, -0.2) is 0 Å². The smallest absolute Gasteiger partial charge is 0.228 e. The van der Waals surface area contributed by atoms with Gasteiger partial charge in [0, 0.05) is 18.2 Å². The number of anilines is 2. The van der Waals surface area contributed by atoms with Crippen molar-refractivity contribution >= 4 is 41.5 Å². The Balaban J connectivity index is 2.56. The molecule has 0 aliphatic carbocycles. The highest BCUT2D eigenvalue weighted by molar-refractivity contribution is 7.81. The van der Waals surface area contributed by atoms with Crippen LogP contribution < -0.4 is 10.6 Å². The zero-order valence-corrected chi connectivity index (χ0v) is 10.5. The molecule has 1 aliphatic heterocycles. The van der Waals surface area contributed by atoms with Crippen LogP contribution in [0.5, 0.6) is 0 Å². The molecule has 1 atom stereocenters. The number of amides is 1. The molecular formula is C11H10ClN3OS. The van der Waals surface area contributed by atoms with Gasteiger partial charge in [-0.1, -0.05) is 11.6 Å². The van der Waals surface area contributed by atoms with Crippen molar-refractivity contribution in [2.45, 2.75) is 11.7 Å². The lowest BCUT2D eigenvalue weighted by atomic mass is 10.1. The van der Waals surface area contributed by atoms with Crippen LogP contribution in [0.3, 0.4) is 0 Å². The van der Waals surface area contributed by atoms with Crippen LogP contribution in [0.15, 0.2) is 12.1 Å². The van der Waals surface area contributed by atoms with Gasteiger partial charge in [0.2, 0.25) is 5.91 Å². The number of nitrogens with zero attached hydrogens (tertiary/aromatic N) is 2. The third kappa shape index (κ3) is 2.06. The molecule has 0 spiro atoms. The lowest BCUT2D eigenvalue weighted by Gasteiger charge is -2.20. The Morgan fingerprint density at radius 2 is 2.29 bits per heavy atom. The van der Waals surface area contributed by atoms with Crippen LogP contribution in [0.2, 0.25) is 5.02 Å². The quantitative estimate of drug-likeness (QED) is 0.602. The summed E-state index contributed by atoms with van der Waals surface area (Å²) in [5.41, 5.74) is 6.84. The minimum absolute atomic E-state index is 0.0348. The zero-order valence-electron chi connectivity index (χ0n) is 8.85. The Morgan fingerprint density at radius 3 is 2.82 bits per heavy atom. The summed E-state index contributed by atoms with van der Waals surface area (Å²) in [6.45, 7) is 0.446. The van der Waals surface area contributed by atoms with E-state index in [9.17, 15) is 4.79 Å². The van der Waals surface area contributed by atoms with Gasteiger partial charge in [0.05, 0.1) is 22.0 Å². The van der Waals surface area contributed by atoms with E-state index < -0.39 is 0 Å². The van der Waals surface area contributed by atoms with Crippen LogP contribution >= 0.6 is 24.2 Å². The summed E-state index contributed by atoms with van der Waals surface area (Å²) in [5, 5.41) is 9.35. The van der Waals surface area contributed by atoms with E-state index in [-0.39, 0.29) is 16.7 Å². The fourth-order valence-corrected chi connectivity index (χ4v) is 2.40. The molecule has 1 heterocycles. The predicted octanol–water partition coefficient (Wildman–Crippen LogP) is 1.83. The van der Waals surface area contributed by atoms with Crippen molar-refractivity contribution < 1.29 is 4.79 Å². The Morgan fingerprint density at radius 1 is 1.59 bits per heavy atom. The van der Waals surface area contributed by atoms with Crippen molar-refractivity contribution in [3.05, 3.63) is 22.7 Å². The van der Waals surface area contributed by atoms with Crippen molar-refractivity contribution in [2.24, 2.45) is 0 Å². The van der Waals surface area contributed by atoms with E-state index in [1.54, 1.807) is 12.1 Å². The van der Waals surface area contributed by atoms with Crippen molar-refractivity contribution in [1.29, 1.82) is 5.26 Å². The molecule has 88 valence electrons. The number of thiol groups is 1. The van der Waals surface area contributed by atoms with Gasteiger partial charge in [-0.15, -0.1) is 0 Å². The number of nitriles is 1. The Bertz CT molecular complexity index is 526. The summed E-state index contributed by atoms with van der Waals surface area (Å²) in [7, 11) is 0. The van der Waals surface area contributed by atoms with Gasteiger partial charge in [-0.2, -0.15) is 17.9 Å². The average Bonchev–Trinajstić information content (AvgIpc) is 2.60. The third-order valence-electron chi connectivity index (χ3n) is 2.64. The van der Waals surface area contributed by atoms with Crippen molar-refractivity contribution in [2.75, 3.05) is 17.2 Å². The number of benzene rings is 1. The highest BCUT2D eigenvalue weighted by atomic mass is 35.5. The molecule has 1 fully saturated rings. The molecule has 0 radical (unpaired) electrons.